The monoisotopic (exact) mass is 344 g/mol. The molecule has 1 saturated heterocycles. The highest BCUT2D eigenvalue weighted by Crippen LogP contribution is 2.39. The molecule has 26 heavy (non-hydrogen) atoms. The van der Waals surface area contributed by atoms with Gasteiger partial charge in [-0.3, -0.25) is 9.59 Å². The number of nitrogens with zero attached hydrogens (tertiary/aromatic N) is 2. The molecule has 1 aromatic heterocycles. The molecule has 0 amide bonds. The summed E-state index contributed by atoms with van der Waals surface area (Å²) in [6, 6.07) is 15.1. The summed E-state index contributed by atoms with van der Waals surface area (Å²) in [5.41, 5.74) is 3.07. The van der Waals surface area contributed by atoms with Crippen LogP contribution in [0.2, 0.25) is 0 Å². The fourth-order valence-electron chi connectivity index (χ4n) is 4.39. The predicted octanol–water partition coefficient (Wildman–Crippen LogP) is 3.31. The highest BCUT2D eigenvalue weighted by atomic mass is 16.1. The van der Waals surface area contributed by atoms with E-state index in [1.54, 1.807) is 0 Å². The summed E-state index contributed by atoms with van der Waals surface area (Å²) in [5, 5.41) is 1.40. The van der Waals surface area contributed by atoms with Crippen molar-refractivity contribution in [3.63, 3.8) is 0 Å². The number of hydrogen-bond acceptors (Lipinski definition) is 3. The Hall–Kier alpha value is -2.72. The van der Waals surface area contributed by atoms with E-state index in [1.807, 2.05) is 53.1 Å². The van der Waals surface area contributed by atoms with Gasteiger partial charge in [-0.25, -0.2) is 0 Å². The fraction of sp³-hybridized carbons (Fsp3) is 0.273. The molecule has 0 unspecified atom stereocenters. The molecule has 4 heteroatoms. The van der Waals surface area contributed by atoms with Crippen LogP contribution in [-0.4, -0.2) is 34.9 Å². The number of ketones is 1. The smallest absolute Gasteiger partial charge is 0.258 e. The number of carbonyl (C=O) groups is 1. The lowest BCUT2D eigenvalue weighted by Crippen LogP contribution is -2.30. The van der Waals surface area contributed by atoms with Crippen molar-refractivity contribution in [1.29, 1.82) is 0 Å². The van der Waals surface area contributed by atoms with Gasteiger partial charge in [0.25, 0.3) is 5.56 Å². The van der Waals surface area contributed by atoms with E-state index < -0.39 is 0 Å². The lowest BCUT2D eigenvalue weighted by molar-refractivity contribution is 0.104. The standard InChI is InChI=1S/C22H20N2O2/c25-21-17-9-3-2-8-16(17)20-19(21)15-7-1-4-10-18(15)22(26)24(20)14-13-23-11-5-6-12-23/h1-4,7-10H,5-6,11-14H2. The maximum atomic E-state index is 13.2. The Labute approximate surface area is 151 Å². The molecule has 1 fully saturated rings. The first-order valence-electron chi connectivity index (χ1n) is 9.28. The Morgan fingerprint density at radius 1 is 0.769 bits per heavy atom. The third kappa shape index (κ3) is 2.19. The summed E-state index contributed by atoms with van der Waals surface area (Å²) < 4.78 is 1.83. The fourth-order valence-corrected chi connectivity index (χ4v) is 4.39. The average molecular weight is 344 g/mol. The van der Waals surface area contributed by atoms with Crippen LogP contribution < -0.4 is 5.56 Å². The molecule has 1 aliphatic carbocycles. The molecule has 2 aromatic carbocycles. The zero-order valence-corrected chi connectivity index (χ0v) is 14.6. The molecule has 0 N–H and O–H groups in total. The molecule has 0 atom stereocenters. The Morgan fingerprint density at radius 3 is 2.19 bits per heavy atom. The van der Waals surface area contributed by atoms with Crippen molar-refractivity contribution in [2.75, 3.05) is 19.6 Å². The van der Waals surface area contributed by atoms with Crippen LogP contribution in [0, 0.1) is 0 Å². The molecule has 5 rings (SSSR count). The minimum absolute atomic E-state index is 0.00282. The number of pyridine rings is 1. The van der Waals surface area contributed by atoms with Crippen molar-refractivity contribution in [3.8, 4) is 11.3 Å². The normalized spacial score (nSPS) is 16.2. The Balaban J connectivity index is 1.76. The van der Waals surface area contributed by atoms with Gasteiger partial charge in [0.05, 0.1) is 11.3 Å². The van der Waals surface area contributed by atoms with Crippen LogP contribution in [0.25, 0.3) is 22.0 Å². The molecule has 0 bridgehead atoms. The third-order valence-electron chi connectivity index (χ3n) is 5.67. The lowest BCUT2D eigenvalue weighted by Gasteiger charge is -2.19. The highest BCUT2D eigenvalue weighted by molar-refractivity contribution is 6.26. The summed E-state index contributed by atoms with van der Waals surface area (Å²) in [5.74, 6) is 0.0294. The summed E-state index contributed by atoms with van der Waals surface area (Å²) in [7, 11) is 0. The van der Waals surface area contributed by atoms with Crippen molar-refractivity contribution in [3.05, 3.63) is 70.0 Å². The van der Waals surface area contributed by atoms with Gasteiger partial charge in [-0.2, -0.15) is 0 Å². The molecule has 2 aliphatic rings. The van der Waals surface area contributed by atoms with Crippen molar-refractivity contribution < 1.29 is 4.79 Å². The summed E-state index contributed by atoms with van der Waals surface area (Å²) in [6.07, 6.45) is 2.46. The Kier molecular flexibility index (Phi) is 3.54. The maximum Gasteiger partial charge on any atom is 0.258 e. The number of hydrogen-bond donors (Lipinski definition) is 0. The molecule has 2 heterocycles. The summed E-state index contributed by atoms with van der Waals surface area (Å²) >= 11 is 0. The first-order valence-corrected chi connectivity index (χ1v) is 9.28. The first-order chi connectivity index (χ1) is 12.8. The highest BCUT2D eigenvalue weighted by Gasteiger charge is 2.32. The van der Waals surface area contributed by atoms with Gasteiger partial charge in [-0.15, -0.1) is 0 Å². The molecule has 0 radical (unpaired) electrons. The van der Waals surface area contributed by atoms with Crippen LogP contribution in [0.4, 0.5) is 0 Å². The second kappa shape index (κ2) is 5.92. The number of benzene rings is 2. The van der Waals surface area contributed by atoms with E-state index in [-0.39, 0.29) is 11.3 Å². The Bertz CT molecular complexity index is 1090. The average Bonchev–Trinajstić information content (AvgIpc) is 3.29. The lowest BCUT2D eigenvalue weighted by atomic mass is 10.0. The van der Waals surface area contributed by atoms with Crippen LogP contribution in [0.3, 0.4) is 0 Å². The second-order valence-corrected chi connectivity index (χ2v) is 7.15. The largest absolute Gasteiger partial charge is 0.306 e. The topological polar surface area (TPSA) is 42.3 Å². The minimum atomic E-state index is 0.00282. The Morgan fingerprint density at radius 2 is 1.42 bits per heavy atom. The van der Waals surface area contributed by atoms with E-state index in [9.17, 15) is 9.59 Å². The van der Waals surface area contributed by atoms with Gasteiger partial charge in [0.1, 0.15) is 0 Å². The van der Waals surface area contributed by atoms with Crippen LogP contribution in [0.15, 0.2) is 53.3 Å². The van der Waals surface area contributed by atoms with E-state index in [0.717, 1.165) is 36.3 Å². The molecule has 130 valence electrons. The van der Waals surface area contributed by atoms with Crippen molar-refractivity contribution in [2.45, 2.75) is 19.4 Å². The van der Waals surface area contributed by atoms with E-state index in [0.29, 0.717) is 23.1 Å². The first kappa shape index (κ1) is 15.5. The number of carbonyl (C=O) groups excluding carboxylic acids is 1. The van der Waals surface area contributed by atoms with Crippen LogP contribution >= 0.6 is 0 Å². The van der Waals surface area contributed by atoms with Crippen LogP contribution in [0.5, 0.6) is 0 Å². The van der Waals surface area contributed by atoms with E-state index in [4.69, 9.17) is 0 Å². The summed E-state index contributed by atoms with van der Waals surface area (Å²) in [6.45, 7) is 3.66. The van der Waals surface area contributed by atoms with Gasteiger partial charge in [-0.1, -0.05) is 42.5 Å². The number of aromatic nitrogens is 1. The quantitative estimate of drug-likeness (QED) is 0.573. The van der Waals surface area contributed by atoms with E-state index >= 15 is 0 Å². The molecule has 0 spiro atoms. The maximum absolute atomic E-state index is 13.2. The SMILES string of the molecule is O=C1c2ccccc2-c2c1c1ccccc1c(=O)n2CCN1CCCC1. The van der Waals surface area contributed by atoms with Gasteiger partial charge in [0, 0.05) is 35.0 Å². The van der Waals surface area contributed by atoms with E-state index in [1.165, 1.54) is 12.8 Å². The molecular weight excluding hydrogens is 324 g/mol. The van der Waals surface area contributed by atoms with E-state index in [2.05, 4.69) is 4.90 Å². The van der Waals surface area contributed by atoms with Gasteiger partial charge >= 0.3 is 0 Å². The van der Waals surface area contributed by atoms with Crippen molar-refractivity contribution in [1.82, 2.24) is 9.47 Å². The van der Waals surface area contributed by atoms with Gasteiger partial charge < -0.3 is 9.47 Å². The number of likely N-dealkylation sites (tertiary alicyclic amines) is 1. The zero-order valence-electron chi connectivity index (χ0n) is 14.6. The summed E-state index contributed by atoms with van der Waals surface area (Å²) in [4.78, 5) is 28.7. The van der Waals surface area contributed by atoms with Gasteiger partial charge in [0.15, 0.2) is 5.78 Å². The van der Waals surface area contributed by atoms with Crippen molar-refractivity contribution >= 4 is 16.6 Å². The molecule has 1 aliphatic heterocycles. The number of fused-ring (bicyclic) bond motifs is 5. The third-order valence-corrected chi connectivity index (χ3v) is 5.67. The second-order valence-electron chi connectivity index (χ2n) is 7.15. The molecule has 0 saturated carbocycles. The van der Waals surface area contributed by atoms with Crippen LogP contribution in [0.1, 0.15) is 28.8 Å². The van der Waals surface area contributed by atoms with Gasteiger partial charge in [0.2, 0.25) is 0 Å². The van der Waals surface area contributed by atoms with Crippen molar-refractivity contribution in [2.24, 2.45) is 0 Å². The predicted molar refractivity (Wildman–Crippen MR) is 103 cm³/mol. The number of rotatable bonds is 3. The zero-order chi connectivity index (χ0) is 17.7. The van der Waals surface area contributed by atoms with Gasteiger partial charge in [-0.05, 0) is 32.0 Å². The molecule has 3 aromatic rings. The van der Waals surface area contributed by atoms with Crippen LogP contribution in [-0.2, 0) is 6.54 Å². The minimum Gasteiger partial charge on any atom is -0.306 e. The molecular formula is C22H20N2O2. The molecule has 4 nitrogen and oxygen atoms in total.